The average Bonchev–Trinajstić information content (AvgIpc) is 2.27. The second kappa shape index (κ2) is 5.86. The second-order valence-corrected chi connectivity index (χ2v) is 4.62. The highest BCUT2D eigenvalue weighted by Crippen LogP contribution is 2.09. The maximum absolute atomic E-state index is 11.9. The minimum Gasteiger partial charge on any atom is -0.377 e. The van der Waals surface area contributed by atoms with E-state index < -0.39 is 6.04 Å². The molecular formula is C11H21N3O3. The van der Waals surface area contributed by atoms with E-state index in [4.69, 9.17) is 4.74 Å². The Morgan fingerprint density at radius 1 is 1.41 bits per heavy atom. The molecule has 0 bridgehead atoms. The third-order valence-electron chi connectivity index (χ3n) is 2.49. The van der Waals surface area contributed by atoms with Gasteiger partial charge in [-0.25, -0.2) is 4.79 Å². The van der Waals surface area contributed by atoms with Crippen LogP contribution < -0.4 is 5.32 Å². The van der Waals surface area contributed by atoms with E-state index in [0.717, 1.165) is 0 Å². The van der Waals surface area contributed by atoms with E-state index >= 15 is 0 Å². The molecule has 1 unspecified atom stereocenters. The van der Waals surface area contributed by atoms with E-state index in [0.29, 0.717) is 13.2 Å². The van der Waals surface area contributed by atoms with Crippen LogP contribution in [-0.2, 0) is 9.53 Å². The predicted molar refractivity (Wildman–Crippen MR) is 63.7 cm³/mol. The smallest absolute Gasteiger partial charge is 0.320 e. The van der Waals surface area contributed by atoms with Crippen LogP contribution in [-0.4, -0.2) is 67.7 Å². The highest BCUT2D eigenvalue weighted by atomic mass is 16.5. The first-order chi connectivity index (χ1) is 7.93. The van der Waals surface area contributed by atoms with Gasteiger partial charge >= 0.3 is 6.03 Å². The molecule has 3 amide bonds. The lowest BCUT2D eigenvalue weighted by Crippen LogP contribution is -2.58. The van der Waals surface area contributed by atoms with Gasteiger partial charge in [0.25, 0.3) is 0 Å². The van der Waals surface area contributed by atoms with Crippen molar-refractivity contribution in [3.63, 3.8) is 0 Å². The number of carbonyl (C=O) groups excluding carboxylic acids is 2. The van der Waals surface area contributed by atoms with Crippen molar-refractivity contribution < 1.29 is 14.3 Å². The van der Waals surface area contributed by atoms with Crippen LogP contribution >= 0.6 is 0 Å². The fourth-order valence-electron chi connectivity index (χ4n) is 1.69. The molecule has 0 aromatic rings. The summed E-state index contributed by atoms with van der Waals surface area (Å²) in [5.74, 6) is -0.157. The lowest BCUT2D eigenvalue weighted by Gasteiger charge is -2.36. The standard InChI is InChI=1S/C11H21N3O3/c1-8(2)12-10(15)9-7-17-6-5-14(9)11(16)13(3)4/h8-9H,5-7H2,1-4H3,(H,12,15). The summed E-state index contributed by atoms with van der Waals surface area (Å²) < 4.78 is 5.27. The van der Waals surface area contributed by atoms with Crippen molar-refractivity contribution in [1.29, 1.82) is 0 Å². The molecule has 1 saturated heterocycles. The summed E-state index contributed by atoms with van der Waals surface area (Å²) in [6.45, 7) is 4.97. The first-order valence-corrected chi connectivity index (χ1v) is 5.79. The Labute approximate surface area is 102 Å². The molecule has 1 atom stereocenters. The van der Waals surface area contributed by atoms with Crippen molar-refractivity contribution >= 4 is 11.9 Å². The first kappa shape index (κ1) is 13.8. The van der Waals surface area contributed by atoms with E-state index in [-0.39, 0.29) is 24.6 Å². The average molecular weight is 243 g/mol. The highest BCUT2D eigenvalue weighted by Gasteiger charge is 2.33. The van der Waals surface area contributed by atoms with Gasteiger partial charge in [0.1, 0.15) is 6.04 Å². The molecule has 0 aromatic carbocycles. The molecule has 1 N–H and O–H groups in total. The molecular weight excluding hydrogens is 222 g/mol. The zero-order valence-corrected chi connectivity index (χ0v) is 10.9. The summed E-state index contributed by atoms with van der Waals surface area (Å²) in [6, 6.07) is -0.626. The molecule has 0 radical (unpaired) electrons. The third-order valence-corrected chi connectivity index (χ3v) is 2.49. The number of nitrogens with zero attached hydrogens (tertiary/aromatic N) is 2. The number of nitrogens with one attached hydrogen (secondary N) is 1. The van der Waals surface area contributed by atoms with Gasteiger partial charge in [-0.15, -0.1) is 0 Å². The van der Waals surface area contributed by atoms with Gasteiger partial charge in [0.05, 0.1) is 13.2 Å². The molecule has 1 fully saturated rings. The fraction of sp³-hybridized carbons (Fsp3) is 0.818. The van der Waals surface area contributed by atoms with Gasteiger partial charge < -0.3 is 19.9 Å². The minimum absolute atomic E-state index is 0.0562. The molecule has 1 rings (SSSR count). The Morgan fingerprint density at radius 2 is 2.06 bits per heavy atom. The van der Waals surface area contributed by atoms with Gasteiger partial charge in [0, 0.05) is 26.7 Å². The van der Waals surface area contributed by atoms with Crippen LogP contribution in [0.25, 0.3) is 0 Å². The van der Waals surface area contributed by atoms with Crippen molar-refractivity contribution in [2.24, 2.45) is 0 Å². The van der Waals surface area contributed by atoms with Crippen LogP contribution in [0.2, 0.25) is 0 Å². The first-order valence-electron chi connectivity index (χ1n) is 5.79. The van der Waals surface area contributed by atoms with E-state index in [2.05, 4.69) is 5.32 Å². The maximum atomic E-state index is 11.9. The van der Waals surface area contributed by atoms with Gasteiger partial charge in [-0.05, 0) is 13.8 Å². The molecule has 6 nitrogen and oxygen atoms in total. The molecule has 17 heavy (non-hydrogen) atoms. The van der Waals surface area contributed by atoms with Crippen LogP contribution in [0.1, 0.15) is 13.8 Å². The van der Waals surface area contributed by atoms with Crippen LogP contribution in [0.5, 0.6) is 0 Å². The number of morpholine rings is 1. The molecule has 0 aliphatic carbocycles. The lowest BCUT2D eigenvalue weighted by atomic mass is 10.2. The fourth-order valence-corrected chi connectivity index (χ4v) is 1.69. The number of carbonyl (C=O) groups is 2. The summed E-state index contributed by atoms with van der Waals surface area (Å²) in [5, 5.41) is 2.80. The van der Waals surface area contributed by atoms with Crippen LogP contribution in [0.3, 0.4) is 0 Å². The monoisotopic (exact) mass is 243 g/mol. The van der Waals surface area contributed by atoms with Crippen LogP contribution in [0, 0.1) is 0 Å². The van der Waals surface area contributed by atoms with Crippen molar-refractivity contribution in [1.82, 2.24) is 15.1 Å². The molecule has 0 saturated carbocycles. The molecule has 6 heteroatoms. The third kappa shape index (κ3) is 3.59. The van der Waals surface area contributed by atoms with Gasteiger partial charge in [-0.3, -0.25) is 4.79 Å². The summed E-state index contributed by atoms with van der Waals surface area (Å²) in [6.07, 6.45) is 0. The summed E-state index contributed by atoms with van der Waals surface area (Å²) in [7, 11) is 3.35. The van der Waals surface area contributed by atoms with Crippen molar-refractivity contribution in [3.05, 3.63) is 0 Å². The normalized spacial score (nSPS) is 20.3. The zero-order chi connectivity index (χ0) is 13.0. The minimum atomic E-state index is -0.527. The summed E-state index contributed by atoms with van der Waals surface area (Å²) in [5.41, 5.74) is 0. The molecule has 1 aliphatic heterocycles. The second-order valence-electron chi connectivity index (χ2n) is 4.62. The maximum Gasteiger partial charge on any atom is 0.320 e. The van der Waals surface area contributed by atoms with E-state index in [1.807, 2.05) is 13.8 Å². The predicted octanol–water partition coefficient (Wildman–Crippen LogP) is -0.107. The van der Waals surface area contributed by atoms with Crippen molar-refractivity contribution in [2.45, 2.75) is 25.9 Å². The number of urea groups is 1. The van der Waals surface area contributed by atoms with Crippen molar-refractivity contribution in [3.8, 4) is 0 Å². The van der Waals surface area contributed by atoms with Gasteiger partial charge in [0.15, 0.2) is 0 Å². The van der Waals surface area contributed by atoms with Crippen LogP contribution in [0.15, 0.2) is 0 Å². The molecule has 1 heterocycles. The Hall–Kier alpha value is -1.30. The number of hydrogen-bond donors (Lipinski definition) is 1. The van der Waals surface area contributed by atoms with E-state index in [1.165, 1.54) is 4.90 Å². The lowest BCUT2D eigenvalue weighted by molar-refractivity contribution is -0.131. The number of hydrogen-bond acceptors (Lipinski definition) is 3. The Bertz CT molecular complexity index is 292. The Morgan fingerprint density at radius 3 is 2.59 bits per heavy atom. The van der Waals surface area contributed by atoms with Gasteiger partial charge in [0.2, 0.25) is 5.91 Å². The number of amides is 3. The molecule has 98 valence electrons. The van der Waals surface area contributed by atoms with E-state index in [9.17, 15) is 9.59 Å². The topological polar surface area (TPSA) is 61.9 Å². The Kier molecular flexibility index (Phi) is 4.74. The molecule has 0 aromatic heterocycles. The Balaban J connectivity index is 2.72. The van der Waals surface area contributed by atoms with Crippen molar-refractivity contribution in [2.75, 3.05) is 33.9 Å². The number of ether oxygens (including phenoxy) is 1. The van der Waals surface area contributed by atoms with Gasteiger partial charge in [-0.2, -0.15) is 0 Å². The molecule has 0 spiro atoms. The number of rotatable bonds is 2. The quantitative estimate of drug-likeness (QED) is 0.736. The van der Waals surface area contributed by atoms with E-state index in [1.54, 1.807) is 19.0 Å². The van der Waals surface area contributed by atoms with Gasteiger partial charge in [-0.1, -0.05) is 0 Å². The highest BCUT2D eigenvalue weighted by molar-refractivity contribution is 5.87. The van der Waals surface area contributed by atoms with Crippen LogP contribution in [0.4, 0.5) is 4.79 Å². The zero-order valence-electron chi connectivity index (χ0n) is 10.9. The molecule has 1 aliphatic rings. The summed E-state index contributed by atoms with van der Waals surface area (Å²) in [4.78, 5) is 26.9. The largest absolute Gasteiger partial charge is 0.377 e. The summed E-state index contributed by atoms with van der Waals surface area (Å²) >= 11 is 0. The SMILES string of the molecule is CC(C)NC(=O)C1COCCN1C(=O)N(C)C.